The van der Waals surface area contributed by atoms with E-state index >= 15 is 0 Å². The molecule has 0 unspecified atom stereocenters. The number of nitrogens with zero attached hydrogens (tertiary/aromatic N) is 1. The molecular formula is C12H18N4. The number of aromatic nitrogens is 3. The van der Waals surface area contributed by atoms with Gasteiger partial charge in [-0.2, -0.15) is 5.10 Å². The molecule has 16 heavy (non-hydrogen) atoms. The molecule has 86 valence electrons. The molecule has 2 rings (SSSR count). The van der Waals surface area contributed by atoms with E-state index in [9.17, 15) is 0 Å². The summed E-state index contributed by atoms with van der Waals surface area (Å²) in [7, 11) is 0. The van der Waals surface area contributed by atoms with Gasteiger partial charge in [0.1, 0.15) is 0 Å². The highest BCUT2D eigenvalue weighted by molar-refractivity contribution is 5.14. The molecule has 4 heteroatoms. The lowest BCUT2D eigenvalue weighted by Crippen LogP contribution is -2.15. The van der Waals surface area contributed by atoms with Crippen LogP contribution in [0.1, 0.15) is 23.4 Å². The molecule has 0 radical (unpaired) electrons. The molecule has 0 aliphatic heterocycles. The summed E-state index contributed by atoms with van der Waals surface area (Å²) in [5, 5.41) is 10.4. The van der Waals surface area contributed by atoms with E-state index in [1.807, 2.05) is 18.5 Å². The zero-order chi connectivity index (χ0) is 11.2. The van der Waals surface area contributed by atoms with E-state index in [2.05, 4.69) is 33.5 Å². The first-order valence-electron chi connectivity index (χ1n) is 5.68. The highest BCUT2D eigenvalue weighted by Crippen LogP contribution is 2.05. The van der Waals surface area contributed by atoms with Crippen LogP contribution >= 0.6 is 0 Å². The smallest absolute Gasteiger partial charge is 0.0522 e. The van der Waals surface area contributed by atoms with E-state index in [-0.39, 0.29) is 0 Å². The van der Waals surface area contributed by atoms with Gasteiger partial charge in [0.2, 0.25) is 0 Å². The number of nitrogens with one attached hydrogen (secondary N) is 3. The van der Waals surface area contributed by atoms with Gasteiger partial charge in [-0.15, -0.1) is 0 Å². The predicted octanol–water partition coefficient (Wildman–Crippen LogP) is 1.77. The van der Waals surface area contributed by atoms with Crippen molar-refractivity contribution >= 4 is 0 Å². The summed E-state index contributed by atoms with van der Waals surface area (Å²) < 4.78 is 0. The Morgan fingerprint density at radius 3 is 3.06 bits per heavy atom. The molecular weight excluding hydrogens is 200 g/mol. The molecule has 2 aromatic heterocycles. The first-order valence-corrected chi connectivity index (χ1v) is 5.68. The SMILES string of the molecule is Cc1[nH]ncc1CCCNCc1ccc[nH]1. The molecule has 0 saturated heterocycles. The summed E-state index contributed by atoms with van der Waals surface area (Å²) in [6.07, 6.45) is 6.09. The summed E-state index contributed by atoms with van der Waals surface area (Å²) in [4.78, 5) is 3.17. The molecule has 2 aromatic rings. The van der Waals surface area contributed by atoms with Crippen LogP contribution in [0.4, 0.5) is 0 Å². The summed E-state index contributed by atoms with van der Waals surface area (Å²) in [5.74, 6) is 0. The van der Waals surface area contributed by atoms with Crippen molar-refractivity contribution in [2.45, 2.75) is 26.3 Å². The minimum absolute atomic E-state index is 0.914. The first kappa shape index (κ1) is 11.0. The van der Waals surface area contributed by atoms with Gasteiger partial charge in [0.15, 0.2) is 0 Å². The van der Waals surface area contributed by atoms with E-state index < -0.39 is 0 Å². The van der Waals surface area contributed by atoms with Gasteiger partial charge in [-0.1, -0.05) is 0 Å². The summed E-state index contributed by atoms with van der Waals surface area (Å²) >= 11 is 0. The van der Waals surface area contributed by atoms with Crippen molar-refractivity contribution < 1.29 is 0 Å². The van der Waals surface area contributed by atoms with Gasteiger partial charge < -0.3 is 10.3 Å². The lowest BCUT2D eigenvalue weighted by Gasteiger charge is -2.02. The molecule has 0 saturated carbocycles. The van der Waals surface area contributed by atoms with Gasteiger partial charge in [-0.25, -0.2) is 0 Å². The molecule has 2 heterocycles. The second kappa shape index (κ2) is 5.51. The van der Waals surface area contributed by atoms with Crippen LogP contribution in [0.3, 0.4) is 0 Å². The lowest BCUT2D eigenvalue weighted by molar-refractivity contribution is 0.642. The normalized spacial score (nSPS) is 10.8. The fourth-order valence-corrected chi connectivity index (χ4v) is 1.73. The third kappa shape index (κ3) is 2.97. The van der Waals surface area contributed by atoms with E-state index in [1.165, 1.54) is 17.0 Å². The Labute approximate surface area is 95.5 Å². The van der Waals surface area contributed by atoms with Crippen LogP contribution in [0, 0.1) is 6.92 Å². The van der Waals surface area contributed by atoms with Crippen molar-refractivity contribution in [3.63, 3.8) is 0 Å². The molecule has 0 aliphatic carbocycles. The van der Waals surface area contributed by atoms with Crippen molar-refractivity contribution in [2.24, 2.45) is 0 Å². The monoisotopic (exact) mass is 218 g/mol. The van der Waals surface area contributed by atoms with Crippen LogP contribution < -0.4 is 5.32 Å². The predicted molar refractivity (Wildman–Crippen MR) is 64.1 cm³/mol. The molecule has 0 aliphatic rings. The second-order valence-electron chi connectivity index (χ2n) is 4.00. The topological polar surface area (TPSA) is 56.5 Å². The van der Waals surface area contributed by atoms with Crippen molar-refractivity contribution in [1.29, 1.82) is 0 Å². The van der Waals surface area contributed by atoms with Crippen LogP contribution in [0.15, 0.2) is 24.5 Å². The first-order chi connectivity index (χ1) is 7.86. The van der Waals surface area contributed by atoms with E-state index in [0.717, 1.165) is 25.9 Å². The Morgan fingerprint density at radius 1 is 1.44 bits per heavy atom. The lowest BCUT2D eigenvalue weighted by atomic mass is 10.1. The fourth-order valence-electron chi connectivity index (χ4n) is 1.73. The van der Waals surface area contributed by atoms with E-state index in [1.54, 1.807) is 0 Å². The average Bonchev–Trinajstić information content (AvgIpc) is 2.90. The Morgan fingerprint density at radius 2 is 2.38 bits per heavy atom. The molecule has 4 nitrogen and oxygen atoms in total. The summed E-state index contributed by atoms with van der Waals surface area (Å²) in [6, 6.07) is 4.11. The van der Waals surface area contributed by atoms with Crippen LogP contribution in [0.25, 0.3) is 0 Å². The van der Waals surface area contributed by atoms with Crippen molar-refractivity contribution in [3.8, 4) is 0 Å². The number of hydrogen-bond donors (Lipinski definition) is 3. The van der Waals surface area contributed by atoms with E-state index in [4.69, 9.17) is 0 Å². The minimum Gasteiger partial charge on any atom is -0.364 e. The van der Waals surface area contributed by atoms with Gasteiger partial charge >= 0.3 is 0 Å². The van der Waals surface area contributed by atoms with Crippen molar-refractivity contribution in [2.75, 3.05) is 6.54 Å². The molecule has 3 N–H and O–H groups in total. The molecule has 0 fully saturated rings. The van der Waals surface area contributed by atoms with Gasteiger partial charge in [0.05, 0.1) is 6.20 Å². The zero-order valence-corrected chi connectivity index (χ0v) is 9.59. The Balaban J connectivity index is 1.61. The highest BCUT2D eigenvalue weighted by Gasteiger charge is 1.99. The molecule has 0 spiro atoms. The van der Waals surface area contributed by atoms with Gasteiger partial charge in [-0.05, 0) is 44.0 Å². The zero-order valence-electron chi connectivity index (χ0n) is 9.59. The third-order valence-electron chi connectivity index (χ3n) is 2.71. The Hall–Kier alpha value is -1.55. The number of aryl methyl sites for hydroxylation is 2. The average molecular weight is 218 g/mol. The number of aromatic amines is 2. The maximum Gasteiger partial charge on any atom is 0.0522 e. The molecule has 0 bridgehead atoms. The summed E-state index contributed by atoms with van der Waals surface area (Å²) in [5.41, 5.74) is 3.74. The van der Waals surface area contributed by atoms with Gasteiger partial charge in [-0.3, -0.25) is 5.10 Å². The third-order valence-corrected chi connectivity index (χ3v) is 2.71. The quantitative estimate of drug-likeness (QED) is 0.647. The van der Waals surface area contributed by atoms with Crippen molar-refractivity contribution in [1.82, 2.24) is 20.5 Å². The van der Waals surface area contributed by atoms with Crippen molar-refractivity contribution in [3.05, 3.63) is 41.5 Å². The molecule has 0 atom stereocenters. The minimum atomic E-state index is 0.914. The Kier molecular flexibility index (Phi) is 3.77. The van der Waals surface area contributed by atoms with Crippen LogP contribution in [-0.2, 0) is 13.0 Å². The Bertz CT molecular complexity index is 402. The summed E-state index contributed by atoms with van der Waals surface area (Å²) in [6.45, 7) is 4.01. The van der Waals surface area contributed by atoms with Crippen LogP contribution in [-0.4, -0.2) is 21.7 Å². The maximum absolute atomic E-state index is 4.01. The van der Waals surface area contributed by atoms with Crippen LogP contribution in [0.2, 0.25) is 0 Å². The number of rotatable bonds is 6. The standard InChI is InChI=1S/C12H18N4/c1-10-11(8-15-16-10)4-2-6-13-9-12-5-3-7-14-12/h3,5,7-8,13-14H,2,4,6,9H2,1H3,(H,15,16). The van der Waals surface area contributed by atoms with Crippen LogP contribution in [0.5, 0.6) is 0 Å². The highest BCUT2D eigenvalue weighted by atomic mass is 15.1. The largest absolute Gasteiger partial charge is 0.364 e. The fraction of sp³-hybridized carbons (Fsp3) is 0.417. The van der Waals surface area contributed by atoms with E-state index in [0.29, 0.717) is 0 Å². The number of H-pyrrole nitrogens is 2. The molecule has 0 amide bonds. The van der Waals surface area contributed by atoms with Gasteiger partial charge in [0.25, 0.3) is 0 Å². The van der Waals surface area contributed by atoms with Gasteiger partial charge in [0, 0.05) is 24.1 Å². The molecule has 0 aromatic carbocycles. The number of hydrogen-bond acceptors (Lipinski definition) is 2. The second-order valence-corrected chi connectivity index (χ2v) is 4.00. The maximum atomic E-state index is 4.01.